The minimum Gasteiger partial charge on any atom is -0.478 e. The Morgan fingerprint density at radius 1 is 1.00 bits per heavy atom. The third kappa shape index (κ3) is 3.73. The fraction of sp³-hybridized carbons (Fsp3) is 0.200. The number of esters is 1. The molecule has 0 aliphatic rings. The van der Waals surface area contributed by atoms with Crippen molar-refractivity contribution in [1.82, 2.24) is 0 Å². The zero-order valence-electron chi connectivity index (χ0n) is 12.3. The maximum Gasteiger partial charge on any atom is 0.337 e. The number of carbonyl (C=O) groups excluding carboxylic acids is 1. The third-order valence-electron chi connectivity index (χ3n) is 2.96. The molecule has 0 saturated heterocycles. The van der Waals surface area contributed by atoms with Crippen molar-refractivity contribution in [3.8, 4) is 0 Å². The summed E-state index contributed by atoms with van der Waals surface area (Å²) in [5.74, 6) is -5.51. The fourth-order valence-electron chi connectivity index (χ4n) is 1.96. The Labute approximate surface area is 130 Å². The Morgan fingerprint density at radius 3 is 1.87 bits per heavy atom. The van der Waals surface area contributed by atoms with Gasteiger partial charge in [-0.3, -0.25) is 0 Å². The zero-order chi connectivity index (χ0) is 17.9. The van der Waals surface area contributed by atoms with Crippen molar-refractivity contribution < 1.29 is 39.2 Å². The van der Waals surface area contributed by atoms with E-state index in [1.807, 2.05) is 0 Å². The highest BCUT2D eigenvalue weighted by Crippen LogP contribution is 2.29. The number of hydrogen-bond acceptors (Lipinski definition) is 5. The van der Waals surface area contributed by atoms with Gasteiger partial charge in [-0.15, -0.1) is 0 Å². The van der Waals surface area contributed by atoms with E-state index in [1.165, 1.54) is 13.8 Å². The molecule has 0 aliphatic carbocycles. The van der Waals surface area contributed by atoms with Gasteiger partial charge in [-0.1, -0.05) is 6.58 Å². The van der Waals surface area contributed by atoms with E-state index in [0.717, 1.165) is 12.1 Å². The SMILES string of the molecule is C=C(C)C(=O)OC(C)c1c(C(=O)O)ccc(C(=O)O)c1C(=O)O. The maximum absolute atomic E-state index is 11.6. The van der Waals surface area contributed by atoms with E-state index in [4.69, 9.17) is 9.84 Å². The molecule has 8 nitrogen and oxygen atoms in total. The molecule has 3 N–H and O–H groups in total. The van der Waals surface area contributed by atoms with Gasteiger partial charge in [0.1, 0.15) is 6.10 Å². The van der Waals surface area contributed by atoms with Gasteiger partial charge in [0.15, 0.2) is 0 Å². The standard InChI is InChI=1S/C15H14O8/c1-6(2)15(22)23-7(3)10-8(12(16)17)4-5-9(13(18)19)11(10)14(20)21/h4-5,7H,1H2,2-3H3,(H,16,17)(H,18,19)(H,20,21). The molecule has 0 aromatic heterocycles. The van der Waals surface area contributed by atoms with Crippen molar-refractivity contribution in [2.24, 2.45) is 0 Å². The summed E-state index contributed by atoms with van der Waals surface area (Å²) >= 11 is 0. The van der Waals surface area contributed by atoms with E-state index in [-0.39, 0.29) is 5.57 Å². The lowest BCUT2D eigenvalue weighted by Gasteiger charge is -2.19. The third-order valence-corrected chi connectivity index (χ3v) is 2.96. The van der Waals surface area contributed by atoms with Crippen LogP contribution in [0.25, 0.3) is 0 Å². The van der Waals surface area contributed by atoms with E-state index < -0.39 is 52.2 Å². The van der Waals surface area contributed by atoms with Crippen LogP contribution in [-0.4, -0.2) is 39.2 Å². The summed E-state index contributed by atoms with van der Waals surface area (Å²) in [6.07, 6.45) is -1.30. The summed E-state index contributed by atoms with van der Waals surface area (Å²) in [4.78, 5) is 45.5. The first-order valence-electron chi connectivity index (χ1n) is 6.31. The van der Waals surface area contributed by atoms with Crippen LogP contribution in [0.1, 0.15) is 56.6 Å². The van der Waals surface area contributed by atoms with Crippen LogP contribution in [0.4, 0.5) is 0 Å². The van der Waals surface area contributed by atoms with Gasteiger partial charge >= 0.3 is 23.9 Å². The van der Waals surface area contributed by atoms with Crippen LogP contribution in [0.3, 0.4) is 0 Å². The number of hydrogen-bond donors (Lipinski definition) is 3. The molecule has 0 fully saturated rings. The molecule has 8 heteroatoms. The molecule has 0 saturated carbocycles. The van der Waals surface area contributed by atoms with Crippen LogP contribution in [-0.2, 0) is 9.53 Å². The average Bonchev–Trinajstić information content (AvgIpc) is 2.44. The molecule has 0 amide bonds. The lowest BCUT2D eigenvalue weighted by molar-refractivity contribution is -0.143. The number of carboxylic acids is 3. The Balaban J connectivity index is 3.63. The Morgan fingerprint density at radius 2 is 1.48 bits per heavy atom. The van der Waals surface area contributed by atoms with Crippen LogP contribution >= 0.6 is 0 Å². The first-order chi connectivity index (χ1) is 10.6. The number of ether oxygens (including phenoxy) is 1. The molecule has 0 bridgehead atoms. The molecule has 0 aliphatic heterocycles. The second-order valence-corrected chi connectivity index (χ2v) is 4.69. The van der Waals surface area contributed by atoms with Gasteiger partial charge in [0.25, 0.3) is 0 Å². The minimum atomic E-state index is -1.64. The van der Waals surface area contributed by atoms with E-state index in [0.29, 0.717) is 0 Å². The zero-order valence-corrected chi connectivity index (χ0v) is 12.3. The first-order valence-corrected chi connectivity index (χ1v) is 6.31. The van der Waals surface area contributed by atoms with Crippen LogP contribution in [0.2, 0.25) is 0 Å². The summed E-state index contributed by atoms with van der Waals surface area (Å²) < 4.78 is 4.96. The Hall–Kier alpha value is -3.16. The van der Waals surface area contributed by atoms with E-state index in [2.05, 4.69) is 6.58 Å². The molecular formula is C15H14O8. The summed E-state index contributed by atoms with van der Waals surface area (Å²) in [6.45, 7) is 5.97. The number of benzene rings is 1. The molecule has 122 valence electrons. The predicted octanol–water partition coefficient (Wildman–Crippen LogP) is 1.96. The smallest absolute Gasteiger partial charge is 0.337 e. The van der Waals surface area contributed by atoms with Crippen molar-refractivity contribution in [2.45, 2.75) is 20.0 Å². The summed E-state index contributed by atoms with van der Waals surface area (Å²) in [5.41, 5.74) is -2.18. The van der Waals surface area contributed by atoms with Crippen LogP contribution in [0, 0.1) is 0 Å². The molecular weight excluding hydrogens is 308 g/mol. The average molecular weight is 322 g/mol. The van der Waals surface area contributed by atoms with Gasteiger partial charge in [-0.25, -0.2) is 19.2 Å². The number of rotatable bonds is 6. The molecule has 1 rings (SSSR count). The van der Waals surface area contributed by atoms with Crippen molar-refractivity contribution in [3.05, 3.63) is 46.5 Å². The van der Waals surface area contributed by atoms with Crippen molar-refractivity contribution >= 4 is 23.9 Å². The Kier molecular flexibility index (Phi) is 5.24. The predicted molar refractivity (Wildman–Crippen MR) is 76.6 cm³/mol. The highest BCUT2D eigenvalue weighted by atomic mass is 16.5. The first kappa shape index (κ1) is 17.9. The second kappa shape index (κ2) is 6.73. The van der Waals surface area contributed by atoms with Gasteiger partial charge < -0.3 is 20.1 Å². The van der Waals surface area contributed by atoms with Crippen molar-refractivity contribution in [3.63, 3.8) is 0 Å². The number of aromatic carboxylic acids is 3. The minimum absolute atomic E-state index is 0.0278. The van der Waals surface area contributed by atoms with Gasteiger partial charge in [0.05, 0.1) is 16.7 Å². The van der Waals surface area contributed by atoms with Crippen molar-refractivity contribution in [2.75, 3.05) is 0 Å². The molecule has 23 heavy (non-hydrogen) atoms. The quantitative estimate of drug-likeness (QED) is 0.533. The summed E-state index contributed by atoms with van der Waals surface area (Å²) in [5, 5.41) is 27.6. The Bertz CT molecular complexity index is 716. The number of carbonyl (C=O) groups is 4. The topological polar surface area (TPSA) is 138 Å². The van der Waals surface area contributed by atoms with Crippen LogP contribution < -0.4 is 0 Å². The highest BCUT2D eigenvalue weighted by molar-refractivity contribution is 6.05. The maximum atomic E-state index is 11.6. The molecule has 1 atom stereocenters. The molecule has 1 aromatic rings. The summed E-state index contributed by atoms with van der Waals surface area (Å²) in [6, 6.07) is 1.84. The van der Waals surface area contributed by atoms with E-state index in [9.17, 15) is 29.4 Å². The molecule has 1 aromatic carbocycles. The summed E-state index contributed by atoms with van der Waals surface area (Å²) in [7, 11) is 0. The number of carboxylic acid groups (broad SMARTS) is 3. The second-order valence-electron chi connectivity index (χ2n) is 4.69. The molecule has 0 heterocycles. The molecule has 1 unspecified atom stereocenters. The van der Waals surface area contributed by atoms with E-state index >= 15 is 0 Å². The van der Waals surface area contributed by atoms with Crippen molar-refractivity contribution in [1.29, 1.82) is 0 Å². The van der Waals surface area contributed by atoms with E-state index in [1.54, 1.807) is 0 Å². The lowest BCUT2D eigenvalue weighted by atomic mass is 9.92. The molecule has 0 radical (unpaired) electrons. The van der Waals surface area contributed by atoms with Crippen LogP contribution in [0.15, 0.2) is 24.3 Å². The van der Waals surface area contributed by atoms with Crippen LogP contribution in [0.5, 0.6) is 0 Å². The van der Waals surface area contributed by atoms with Gasteiger partial charge in [-0.2, -0.15) is 0 Å². The lowest BCUT2D eigenvalue weighted by Crippen LogP contribution is -2.20. The largest absolute Gasteiger partial charge is 0.478 e. The normalized spacial score (nSPS) is 11.4. The molecule has 0 spiro atoms. The van der Waals surface area contributed by atoms with Gasteiger partial charge in [0, 0.05) is 11.1 Å². The highest BCUT2D eigenvalue weighted by Gasteiger charge is 2.30. The van der Waals surface area contributed by atoms with Gasteiger partial charge in [-0.05, 0) is 26.0 Å². The monoisotopic (exact) mass is 322 g/mol. The van der Waals surface area contributed by atoms with Gasteiger partial charge in [0.2, 0.25) is 0 Å². The fourth-order valence-corrected chi connectivity index (χ4v) is 1.96.